The lowest BCUT2D eigenvalue weighted by Crippen LogP contribution is -2.38. The summed E-state index contributed by atoms with van der Waals surface area (Å²) >= 11 is 0. The summed E-state index contributed by atoms with van der Waals surface area (Å²) in [5.74, 6) is -2.95. The van der Waals surface area contributed by atoms with E-state index in [-0.39, 0.29) is 18.0 Å². The Morgan fingerprint density at radius 2 is 1.79 bits per heavy atom. The van der Waals surface area contributed by atoms with E-state index in [1.54, 1.807) is 25.4 Å². The van der Waals surface area contributed by atoms with Crippen molar-refractivity contribution < 1.29 is 38.9 Å². The third-order valence-electron chi connectivity index (χ3n) is 6.24. The summed E-state index contributed by atoms with van der Waals surface area (Å²) in [6, 6.07) is 11.5. The highest BCUT2D eigenvalue weighted by Gasteiger charge is 2.50. The summed E-state index contributed by atoms with van der Waals surface area (Å²) in [5.41, 5.74) is 7.47. The van der Waals surface area contributed by atoms with E-state index in [1.165, 1.54) is 17.0 Å². The molecule has 1 saturated heterocycles. The maximum absolute atomic E-state index is 13.2. The first-order valence-electron chi connectivity index (χ1n) is 11.8. The van der Waals surface area contributed by atoms with Crippen molar-refractivity contribution in [2.75, 3.05) is 25.1 Å². The summed E-state index contributed by atoms with van der Waals surface area (Å²) in [7, 11) is 1.57. The Hall–Kier alpha value is -4.38. The second-order valence-corrected chi connectivity index (χ2v) is 9.54. The van der Waals surface area contributed by atoms with Crippen LogP contribution >= 0.6 is 0 Å². The number of carboxylic acids is 2. The number of esters is 1. The number of carboxylic acid groups (broad SMARTS) is 2. The maximum atomic E-state index is 13.2. The molecule has 1 aliphatic rings. The van der Waals surface area contributed by atoms with Crippen LogP contribution in [-0.2, 0) is 19.1 Å². The fraction of sp³-hybridized carbons (Fsp3) is 0.333. The van der Waals surface area contributed by atoms with Gasteiger partial charge in [-0.15, -0.1) is 0 Å². The zero-order chi connectivity index (χ0) is 28.2. The number of rotatable bonds is 7. The van der Waals surface area contributed by atoms with E-state index >= 15 is 0 Å². The predicted octanol–water partition coefficient (Wildman–Crippen LogP) is 2.99. The minimum Gasteiger partial charge on any atom is -0.497 e. The molecular formula is C27H31N3O8. The molecule has 3 aromatic rings. The first-order chi connectivity index (χ1) is 17.9. The summed E-state index contributed by atoms with van der Waals surface area (Å²) in [6.07, 6.45) is 0.716. The molecule has 38 heavy (non-hydrogen) atoms. The number of anilines is 1. The van der Waals surface area contributed by atoms with E-state index in [4.69, 9.17) is 30.2 Å². The van der Waals surface area contributed by atoms with Gasteiger partial charge in [-0.25, -0.2) is 4.79 Å². The molecule has 202 valence electrons. The number of methoxy groups -OCH3 is 1. The molecule has 1 amide bonds. The Morgan fingerprint density at radius 3 is 2.34 bits per heavy atom. The van der Waals surface area contributed by atoms with E-state index in [1.807, 2.05) is 32.0 Å². The van der Waals surface area contributed by atoms with E-state index in [0.29, 0.717) is 23.5 Å². The standard InChI is InChI=1S/C25H27N3O6.C2H4O2/c1-25(2)13-28(15-6-4-14(5-7-15)23(30)31)22(29)21(25)34-24(32)18(11-26)19-12-27-20-9-8-16(33-3)10-17(19)20;1-2(3)4/h4-10,12,18,21,27H,11,13,26H2,1-3H3,(H,30,31);1H3,(H,3,4)/t18-,21+;/m1./s1. The number of ether oxygens (including phenoxy) is 2. The van der Waals surface area contributed by atoms with Crippen LogP contribution in [0, 0.1) is 5.41 Å². The lowest BCUT2D eigenvalue weighted by atomic mass is 9.89. The second-order valence-electron chi connectivity index (χ2n) is 9.54. The van der Waals surface area contributed by atoms with Crippen molar-refractivity contribution in [1.29, 1.82) is 0 Å². The molecule has 11 heteroatoms. The number of aromatic carboxylic acids is 1. The van der Waals surface area contributed by atoms with Crippen molar-refractivity contribution in [3.63, 3.8) is 0 Å². The Balaban J connectivity index is 0.000000934. The highest BCUT2D eigenvalue weighted by Crippen LogP contribution is 2.37. The molecule has 0 radical (unpaired) electrons. The fourth-order valence-corrected chi connectivity index (χ4v) is 4.34. The van der Waals surface area contributed by atoms with Gasteiger partial charge in [-0.1, -0.05) is 13.8 Å². The van der Waals surface area contributed by atoms with Gasteiger partial charge in [0.1, 0.15) is 5.75 Å². The lowest BCUT2D eigenvalue weighted by Gasteiger charge is -2.25. The first-order valence-corrected chi connectivity index (χ1v) is 11.8. The fourth-order valence-electron chi connectivity index (χ4n) is 4.34. The monoisotopic (exact) mass is 525 g/mol. The zero-order valence-electron chi connectivity index (χ0n) is 21.6. The van der Waals surface area contributed by atoms with Crippen LogP contribution in [0.1, 0.15) is 42.6 Å². The van der Waals surface area contributed by atoms with Crippen LogP contribution in [-0.4, -0.2) is 65.3 Å². The number of hydrogen-bond donors (Lipinski definition) is 4. The molecule has 5 N–H and O–H groups in total. The number of nitrogens with two attached hydrogens (primary N) is 1. The third kappa shape index (κ3) is 5.94. The Labute approximate surface area is 219 Å². The van der Waals surface area contributed by atoms with Crippen LogP contribution in [0.3, 0.4) is 0 Å². The van der Waals surface area contributed by atoms with Crippen LogP contribution in [0.2, 0.25) is 0 Å². The summed E-state index contributed by atoms with van der Waals surface area (Å²) in [4.78, 5) is 51.3. The normalized spacial score (nSPS) is 16.9. The number of fused-ring (bicyclic) bond motifs is 1. The Kier molecular flexibility index (Phi) is 8.42. The van der Waals surface area contributed by atoms with Gasteiger partial charge in [0.25, 0.3) is 11.9 Å². The van der Waals surface area contributed by atoms with Crippen LogP contribution in [0.5, 0.6) is 5.75 Å². The summed E-state index contributed by atoms with van der Waals surface area (Å²) in [5, 5.41) is 17.3. The van der Waals surface area contributed by atoms with Crippen LogP contribution in [0.25, 0.3) is 10.9 Å². The van der Waals surface area contributed by atoms with E-state index in [2.05, 4.69) is 4.98 Å². The van der Waals surface area contributed by atoms with Crippen LogP contribution in [0.15, 0.2) is 48.7 Å². The van der Waals surface area contributed by atoms with Gasteiger partial charge in [-0.3, -0.25) is 14.4 Å². The van der Waals surface area contributed by atoms with Crippen molar-refractivity contribution in [2.24, 2.45) is 11.1 Å². The summed E-state index contributed by atoms with van der Waals surface area (Å²) < 4.78 is 11.1. The van der Waals surface area contributed by atoms with Crippen molar-refractivity contribution in [2.45, 2.75) is 32.8 Å². The van der Waals surface area contributed by atoms with Gasteiger partial charge >= 0.3 is 11.9 Å². The van der Waals surface area contributed by atoms with E-state index in [9.17, 15) is 14.4 Å². The number of aromatic amines is 1. The Morgan fingerprint density at radius 1 is 1.16 bits per heavy atom. The van der Waals surface area contributed by atoms with Crippen molar-refractivity contribution in [3.8, 4) is 5.75 Å². The average Bonchev–Trinajstić information content (AvgIpc) is 3.37. The van der Waals surface area contributed by atoms with Crippen molar-refractivity contribution in [1.82, 2.24) is 4.98 Å². The number of carbonyl (C=O) groups is 4. The number of aromatic nitrogens is 1. The molecular weight excluding hydrogens is 494 g/mol. The van der Waals surface area contributed by atoms with Gasteiger partial charge < -0.3 is 35.3 Å². The maximum Gasteiger partial charge on any atom is 0.335 e. The van der Waals surface area contributed by atoms with Gasteiger partial charge in [0.2, 0.25) is 0 Å². The van der Waals surface area contributed by atoms with Gasteiger partial charge in [-0.05, 0) is 48.0 Å². The number of nitrogens with zero attached hydrogens (tertiary/aromatic N) is 1. The molecule has 1 fully saturated rings. The second kappa shape index (κ2) is 11.3. The average molecular weight is 526 g/mol. The number of hydrogen-bond acceptors (Lipinski definition) is 7. The predicted molar refractivity (Wildman–Crippen MR) is 139 cm³/mol. The molecule has 1 aliphatic heterocycles. The lowest BCUT2D eigenvalue weighted by molar-refractivity contribution is -0.159. The van der Waals surface area contributed by atoms with E-state index in [0.717, 1.165) is 17.8 Å². The van der Waals surface area contributed by atoms with Gasteiger partial charge in [0.15, 0.2) is 6.10 Å². The SMILES string of the molecule is CC(=O)O.COc1ccc2[nH]cc([C@@H](CN)C(=O)O[C@H]3C(=O)N(c4ccc(C(=O)O)cc4)CC3(C)C)c2c1. The smallest absolute Gasteiger partial charge is 0.335 e. The molecule has 0 bridgehead atoms. The molecule has 4 rings (SSSR count). The number of benzene rings is 2. The molecule has 11 nitrogen and oxygen atoms in total. The number of amides is 1. The summed E-state index contributed by atoms with van der Waals surface area (Å²) in [6.45, 7) is 5.10. The van der Waals surface area contributed by atoms with Gasteiger partial charge in [-0.2, -0.15) is 0 Å². The first kappa shape index (κ1) is 28.2. The van der Waals surface area contributed by atoms with Crippen molar-refractivity contribution in [3.05, 3.63) is 59.8 Å². The Bertz CT molecular complexity index is 1340. The quantitative estimate of drug-likeness (QED) is 0.338. The highest BCUT2D eigenvalue weighted by atomic mass is 16.6. The minimum absolute atomic E-state index is 0.00466. The van der Waals surface area contributed by atoms with Crippen LogP contribution < -0.4 is 15.4 Å². The molecule has 2 aromatic carbocycles. The molecule has 0 aliphatic carbocycles. The van der Waals surface area contributed by atoms with Crippen LogP contribution in [0.4, 0.5) is 5.69 Å². The molecule has 0 spiro atoms. The number of carbonyl (C=O) groups excluding carboxylic acids is 2. The molecule has 2 heterocycles. The van der Waals surface area contributed by atoms with Gasteiger partial charge in [0, 0.05) is 48.2 Å². The van der Waals surface area contributed by atoms with Crippen molar-refractivity contribution >= 4 is 40.4 Å². The van der Waals surface area contributed by atoms with Gasteiger partial charge in [0.05, 0.1) is 18.6 Å². The molecule has 0 saturated carbocycles. The number of H-pyrrole nitrogens is 1. The zero-order valence-corrected chi connectivity index (χ0v) is 21.6. The number of aliphatic carboxylic acids is 1. The molecule has 1 aromatic heterocycles. The topological polar surface area (TPSA) is 172 Å². The molecule has 2 atom stereocenters. The van der Waals surface area contributed by atoms with E-state index < -0.39 is 35.3 Å². The minimum atomic E-state index is -1.05. The highest BCUT2D eigenvalue weighted by molar-refractivity contribution is 6.02. The number of nitrogens with one attached hydrogen (secondary N) is 1. The third-order valence-corrected chi connectivity index (χ3v) is 6.24. The molecule has 0 unspecified atom stereocenters. The largest absolute Gasteiger partial charge is 0.497 e.